The fourth-order valence-corrected chi connectivity index (χ4v) is 3.10. The van der Waals surface area contributed by atoms with Crippen LogP contribution in [0.4, 0.5) is 0 Å². The van der Waals surface area contributed by atoms with Crippen molar-refractivity contribution >= 4 is 0 Å². The average molecular weight is 282 g/mol. The first-order valence-corrected chi connectivity index (χ1v) is 7.84. The van der Waals surface area contributed by atoms with Gasteiger partial charge in [0.05, 0.1) is 6.10 Å². The van der Waals surface area contributed by atoms with Crippen LogP contribution in [0.15, 0.2) is 48.5 Å². The molecule has 1 nitrogen and oxygen atoms in total. The predicted molar refractivity (Wildman–Crippen MR) is 89.5 cm³/mol. The molecule has 0 aliphatic heterocycles. The molecule has 1 N–H and O–H groups in total. The molecule has 3 atom stereocenters. The van der Waals surface area contributed by atoms with E-state index in [1.165, 1.54) is 16.7 Å². The minimum Gasteiger partial charge on any atom is -0.388 e. The molecule has 0 saturated carbocycles. The van der Waals surface area contributed by atoms with Gasteiger partial charge in [0.15, 0.2) is 0 Å². The number of aliphatic hydroxyl groups is 1. The van der Waals surface area contributed by atoms with Gasteiger partial charge < -0.3 is 5.11 Å². The lowest BCUT2D eigenvalue weighted by Crippen LogP contribution is -2.19. The second-order valence-corrected chi connectivity index (χ2v) is 6.13. The molecule has 0 bridgehead atoms. The maximum absolute atomic E-state index is 11.0. The van der Waals surface area contributed by atoms with E-state index in [4.69, 9.17) is 0 Å². The molecule has 2 aromatic rings. The fraction of sp³-hybridized carbons (Fsp3) is 0.400. The molecule has 21 heavy (non-hydrogen) atoms. The van der Waals surface area contributed by atoms with Gasteiger partial charge in [-0.25, -0.2) is 0 Å². The smallest absolute Gasteiger partial charge is 0.0863 e. The van der Waals surface area contributed by atoms with Gasteiger partial charge in [0, 0.05) is 5.92 Å². The second-order valence-electron chi connectivity index (χ2n) is 6.13. The first kappa shape index (κ1) is 15.8. The van der Waals surface area contributed by atoms with Gasteiger partial charge in [-0.3, -0.25) is 0 Å². The minimum atomic E-state index is -0.456. The molecule has 0 spiro atoms. The molecule has 112 valence electrons. The summed E-state index contributed by atoms with van der Waals surface area (Å²) in [6.45, 7) is 8.59. The van der Waals surface area contributed by atoms with Gasteiger partial charge in [-0.05, 0) is 36.5 Å². The van der Waals surface area contributed by atoms with E-state index in [0.717, 1.165) is 12.0 Å². The van der Waals surface area contributed by atoms with Crippen molar-refractivity contribution in [3.63, 3.8) is 0 Å². The van der Waals surface area contributed by atoms with Crippen molar-refractivity contribution in [1.82, 2.24) is 0 Å². The average Bonchev–Trinajstić information content (AvgIpc) is 2.48. The van der Waals surface area contributed by atoms with Crippen molar-refractivity contribution < 1.29 is 5.11 Å². The Morgan fingerprint density at radius 2 is 1.67 bits per heavy atom. The summed E-state index contributed by atoms with van der Waals surface area (Å²) >= 11 is 0. The molecule has 0 radical (unpaired) electrons. The number of aryl methyl sites for hydroxylation is 2. The van der Waals surface area contributed by atoms with Crippen LogP contribution in [0.5, 0.6) is 0 Å². The lowest BCUT2D eigenvalue weighted by molar-refractivity contribution is 0.117. The highest BCUT2D eigenvalue weighted by atomic mass is 16.3. The third-order valence-corrected chi connectivity index (χ3v) is 4.53. The van der Waals surface area contributed by atoms with Crippen LogP contribution in [0, 0.1) is 19.8 Å². The van der Waals surface area contributed by atoms with Crippen LogP contribution >= 0.6 is 0 Å². The molecule has 0 aromatic heterocycles. The third kappa shape index (κ3) is 3.54. The Labute approximate surface area is 128 Å². The molecule has 0 amide bonds. The molecule has 2 aromatic carbocycles. The van der Waals surface area contributed by atoms with Crippen molar-refractivity contribution in [2.24, 2.45) is 5.92 Å². The molecule has 0 aliphatic rings. The van der Waals surface area contributed by atoms with E-state index < -0.39 is 6.10 Å². The van der Waals surface area contributed by atoms with Crippen LogP contribution < -0.4 is 0 Å². The quantitative estimate of drug-likeness (QED) is 0.802. The largest absolute Gasteiger partial charge is 0.388 e. The van der Waals surface area contributed by atoms with Gasteiger partial charge >= 0.3 is 0 Å². The lowest BCUT2D eigenvalue weighted by atomic mass is 9.78. The summed E-state index contributed by atoms with van der Waals surface area (Å²) in [4.78, 5) is 0. The van der Waals surface area contributed by atoms with E-state index in [1.807, 2.05) is 6.07 Å². The highest BCUT2D eigenvalue weighted by molar-refractivity contribution is 5.35. The van der Waals surface area contributed by atoms with Crippen LogP contribution in [-0.2, 0) is 0 Å². The minimum absolute atomic E-state index is 0.137. The molecule has 3 unspecified atom stereocenters. The van der Waals surface area contributed by atoms with Crippen LogP contribution in [0.3, 0.4) is 0 Å². The Morgan fingerprint density at radius 1 is 1.00 bits per heavy atom. The first-order valence-electron chi connectivity index (χ1n) is 7.84. The zero-order valence-corrected chi connectivity index (χ0v) is 13.5. The number of hydrogen-bond acceptors (Lipinski definition) is 1. The van der Waals surface area contributed by atoms with Crippen LogP contribution in [0.25, 0.3) is 0 Å². The SMILES string of the molecule is CCC(C)C(c1ccccc1)C(O)c1ccc(C)cc1C. The Bertz CT molecular complexity index is 574. The Morgan fingerprint density at radius 3 is 2.24 bits per heavy atom. The topological polar surface area (TPSA) is 20.2 Å². The van der Waals surface area contributed by atoms with Crippen molar-refractivity contribution in [2.75, 3.05) is 0 Å². The number of hydrogen-bond donors (Lipinski definition) is 1. The summed E-state index contributed by atoms with van der Waals surface area (Å²) in [5, 5.41) is 11.0. The summed E-state index contributed by atoms with van der Waals surface area (Å²) in [5.74, 6) is 0.570. The summed E-state index contributed by atoms with van der Waals surface area (Å²) in [6.07, 6.45) is 0.601. The van der Waals surface area contributed by atoms with Crippen molar-refractivity contribution in [3.8, 4) is 0 Å². The Hall–Kier alpha value is -1.60. The molecule has 0 fully saturated rings. The molecule has 0 heterocycles. The summed E-state index contributed by atoms with van der Waals surface area (Å²) < 4.78 is 0. The van der Waals surface area contributed by atoms with Crippen LogP contribution in [0.2, 0.25) is 0 Å². The maximum atomic E-state index is 11.0. The molecule has 1 heteroatoms. The normalized spacial score (nSPS) is 15.5. The van der Waals surface area contributed by atoms with Crippen molar-refractivity contribution in [2.45, 2.75) is 46.1 Å². The zero-order valence-electron chi connectivity index (χ0n) is 13.5. The van der Waals surface area contributed by atoms with E-state index in [2.05, 4.69) is 70.2 Å². The third-order valence-electron chi connectivity index (χ3n) is 4.53. The highest BCUT2D eigenvalue weighted by Crippen LogP contribution is 2.39. The standard InChI is InChI=1S/C20H26O/c1-5-15(3)19(17-9-7-6-8-10-17)20(21)18-12-11-14(2)13-16(18)4/h6-13,15,19-21H,5H2,1-4H3. The van der Waals surface area contributed by atoms with Gasteiger partial charge in [0.25, 0.3) is 0 Å². The van der Waals surface area contributed by atoms with E-state index in [-0.39, 0.29) is 5.92 Å². The molecular formula is C20H26O. The maximum Gasteiger partial charge on any atom is 0.0863 e. The van der Waals surface area contributed by atoms with Gasteiger partial charge in [-0.15, -0.1) is 0 Å². The number of rotatable bonds is 5. The Kier molecular flexibility index (Phi) is 5.19. The van der Waals surface area contributed by atoms with Gasteiger partial charge in [-0.2, -0.15) is 0 Å². The fourth-order valence-electron chi connectivity index (χ4n) is 3.10. The van der Waals surface area contributed by atoms with E-state index in [0.29, 0.717) is 5.92 Å². The first-order chi connectivity index (χ1) is 10.0. The summed E-state index contributed by atoms with van der Waals surface area (Å²) in [6, 6.07) is 16.7. The number of benzene rings is 2. The zero-order chi connectivity index (χ0) is 15.4. The Balaban J connectivity index is 2.41. The van der Waals surface area contributed by atoms with Crippen LogP contribution in [-0.4, -0.2) is 5.11 Å². The van der Waals surface area contributed by atoms with Crippen molar-refractivity contribution in [3.05, 3.63) is 70.8 Å². The van der Waals surface area contributed by atoms with Gasteiger partial charge in [0.1, 0.15) is 0 Å². The summed E-state index contributed by atoms with van der Waals surface area (Å²) in [7, 11) is 0. The van der Waals surface area contributed by atoms with E-state index in [9.17, 15) is 5.11 Å². The molecule has 2 rings (SSSR count). The second kappa shape index (κ2) is 6.91. The molecular weight excluding hydrogens is 256 g/mol. The predicted octanol–water partition coefficient (Wildman–Crippen LogP) is 5.17. The monoisotopic (exact) mass is 282 g/mol. The molecule has 0 aliphatic carbocycles. The van der Waals surface area contributed by atoms with E-state index in [1.54, 1.807) is 0 Å². The van der Waals surface area contributed by atoms with E-state index >= 15 is 0 Å². The van der Waals surface area contributed by atoms with Crippen molar-refractivity contribution in [1.29, 1.82) is 0 Å². The number of aliphatic hydroxyl groups excluding tert-OH is 1. The molecule has 0 saturated heterocycles. The van der Waals surface area contributed by atoms with Crippen LogP contribution in [0.1, 0.15) is 54.5 Å². The summed E-state index contributed by atoms with van der Waals surface area (Å²) in [5.41, 5.74) is 4.68. The lowest BCUT2D eigenvalue weighted by Gasteiger charge is -2.30. The van der Waals surface area contributed by atoms with Gasteiger partial charge in [-0.1, -0.05) is 74.4 Å². The highest BCUT2D eigenvalue weighted by Gasteiger charge is 2.28. The van der Waals surface area contributed by atoms with Gasteiger partial charge in [0.2, 0.25) is 0 Å².